The minimum absolute atomic E-state index is 0.211. The van der Waals surface area contributed by atoms with Crippen molar-refractivity contribution in [3.8, 4) is 0 Å². The number of nitrogens with zero attached hydrogens (tertiary/aromatic N) is 2. The van der Waals surface area contributed by atoms with Crippen molar-refractivity contribution in [1.82, 2.24) is 9.55 Å². The third-order valence-electron chi connectivity index (χ3n) is 3.41. The highest BCUT2D eigenvalue weighted by atomic mass is 32.2. The summed E-state index contributed by atoms with van der Waals surface area (Å²) in [5, 5.41) is 0. The second-order valence-electron chi connectivity index (χ2n) is 4.34. The molecule has 0 aliphatic heterocycles. The smallest absolute Gasteiger partial charge is 0.360 e. The highest BCUT2D eigenvalue weighted by Crippen LogP contribution is 2.44. The van der Waals surface area contributed by atoms with Crippen LogP contribution in [0.2, 0.25) is 0 Å². The van der Waals surface area contributed by atoms with Gasteiger partial charge in [-0.2, -0.15) is 11.8 Å². The van der Waals surface area contributed by atoms with E-state index in [2.05, 4.69) is 16.0 Å². The standard InChI is InChI=1S/C11H17N3O2S/c1-16-10(15)8-9(12)14(7-13-8)6-11(17-2)4-3-5-11/h7H,3-6,12H2,1-2H3. The second kappa shape index (κ2) is 4.60. The largest absolute Gasteiger partial charge is 0.464 e. The number of carbonyl (C=O) groups is 1. The average Bonchev–Trinajstić information content (AvgIpc) is 2.64. The zero-order chi connectivity index (χ0) is 12.5. The number of anilines is 1. The van der Waals surface area contributed by atoms with Crippen molar-refractivity contribution in [2.24, 2.45) is 0 Å². The van der Waals surface area contributed by atoms with Crippen molar-refractivity contribution in [3.05, 3.63) is 12.0 Å². The first-order valence-corrected chi connectivity index (χ1v) is 6.78. The van der Waals surface area contributed by atoms with E-state index in [9.17, 15) is 4.79 Å². The van der Waals surface area contributed by atoms with Crippen LogP contribution < -0.4 is 5.73 Å². The molecule has 5 nitrogen and oxygen atoms in total. The third kappa shape index (κ3) is 2.13. The monoisotopic (exact) mass is 255 g/mol. The van der Waals surface area contributed by atoms with Gasteiger partial charge in [0.05, 0.1) is 13.4 Å². The summed E-state index contributed by atoms with van der Waals surface area (Å²) in [6.07, 6.45) is 7.39. The van der Waals surface area contributed by atoms with Crippen molar-refractivity contribution in [2.45, 2.75) is 30.6 Å². The summed E-state index contributed by atoms with van der Waals surface area (Å²) in [5.41, 5.74) is 6.12. The van der Waals surface area contributed by atoms with Crippen LogP contribution in [0.5, 0.6) is 0 Å². The van der Waals surface area contributed by atoms with E-state index in [1.807, 2.05) is 16.3 Å². The van der Waals surface area contributed by atoms with Crippen LogP contribution in [0.15, 0.2) is 6.33 Å². The molecule has 2 N–H and O–H groups in total. The first-order chi connectivity index (χ1) is 8.12. The molecule has 1 aromatic rings. The molecule has 0 aromatic carbocycles. The maximum atomic E-state index is 11.4. The summed E-state index contributed by atoms with van der Waals surface area (Å²) in [6, 6.07) is 0. The first-order valence-electron chi connectivity index (χ1n) is 5.56. The molecule has 1 saturated carbocycles. The molecule has 0 saturated heterocycles. The Hall–Kier alpha value is -1.17. The fraction of sp³-hybridized carbons (Fsp3) is 0.636. The van der Waals surface area contributed by atoms with Gasteiger partial charge in [-0.15, -0.1) is 0 Å². The number of rotatable bonds is 4. The van der Waals surface area contributed by atoms with E-state index in [0.717, 1.165) is 6.54 Å². The van der Waals surface area contributed by atoms with Crippen LogP contribution in [0.1, 0.15) is 29.8 Å². The van der Waals surface area contributed by atoms with E-state index in [-0.39, 0.29) is 10.4 Å². The SMILES string of the molecule is COC(=O)c1ncn(CC2(SC)CCC2)c1N. The second-order valence-corrected chi connectivity index (χ2v) is 5.61. The molecule has 0 amide bonds. The Balaban J connectivity index is 2.17. The number of carbonyl (C=O) groups excluding carboxylic acids is 1. The van der Waals surface area contributed by atoms with E-state index in [1.54, 1.807) is 6.33 Å². The summed E-state index contributed by atoms with van der Waals surface area (Å²) in [4.78, 5) is 15.4. The number of nitrogens with two attached hydrogens (primary N) is 1. The lowest BCUT2D eigenvalue weighted by Gasteiger charge is -2.40. The normalized spacial score (nSPS) is 17.5. The number of methoxy groups -OCH3 is 1. The number of hydrogen-bond acceptors (Lipinski definition) is 5. The molecule has 2 rings (SSSR count). The molecule has 94 valence electrons. The number of nitrogen functional groups attached to an aromatic ring is 1. The van der Waals surface area contributed by atoms with Crippen LogP contribution in [-0.4, -0.2) is 33.6 Å². The minimum Gasteiger partial charge on any atom is -0.464 e. The Bertz CT molecular complexity index is 421. The van der Waals surface area contributed by atoms with E-state index in [4.69, 9.17) is 5.73 Å². The van der Waals surface area contributed by atoms with Crippen molar-refractivity contribution in [1.29, 1.82) is 0 Å². The molecule has 1 heterocycles. The number of imidazole rings is 1. The predicted molar refractivity (Wildman–Crippen MR) is 68.1 cm³/mol. The lowest BCUT2D eigenvalue weighted by Crippen LogP contribution is -2.37. The highest BCUT2D eigenvalue weighted by Gasteiger charge is 2.37. The van der Waals surface area contributed by atoms with Crippen LogP contribution in [0, 0.1) is 0 Å². The Morgan fingerprint density at radius 1 is 1.71 bits per heavy atom. The molecule has 1 fully saturated rings. The number of thioether (sulfide) groups is 1. The van der Waals surface area contributed by atoms with Crippen molar-refractivity contribution in [3.63, 3.8) is 0 Å². The Morgan fingerprint density at radius 3 is 2.88 bits per heavy atom. The van der Waals surface area contributed by atoms with Gasteiger partial charge in [0.1, 0.15) is 5.82 Å². The van der Waals surface area contributed by atoms with Crippen LogP contribution in [0.25, 0.3) is 0 Å². The molecule has 0 unspecified atom stereocenters. The molecular formula is C11H17N3O2S. The summed E-state index contributed by atoms with van der Waals surface area (Å²) in [6.45, 7) is 0.810. The molecule has 0 atom stereocenters. The highest BCUT2D eigenvalue weighted by molar-refractivity contribution is 8.00. The molecule has 0 spiro atoms. The third-order valence-corrected chi connectivity index (χ3v) is 4.82. The maximum absolute atomic E-state index is 11.4. The molecule has 0 bridgehead atoms. The molecule has 0 radical (unpaired) electrons. The van der Waals surface area contributed by atoms with E-state index < -0.39 is 5.97 Å². The molecule has 1 aliphatic rings. The Morgan fingerprint density at radius 2 is 2.41 bits per heavy atom. The van der Waals surface area contributed by atoms with Gasteiger partial charge in [0, 0.05) is 11.3 Å². The number of ether oxygens (including phenoxy) is 1. The number of hydrogen-bond donors (Lipinski definition) is 1. The van der Waals surface area contributed by atoms with Crippen molar-refractivity contribution in [2.75, 3.05) is 19.1 Å². The zero-order valence-corrected chi connectivity index (χ0v) is 10.9. The Labute approximate surface area is 105 Å². The summed E-state index contributed by atoms with van der Waals surface area (Å²) in [5.74, 6) is -0.0785. The van der Waals surface area contributed by atoms with Gasteiger partial charge in [-0.25, -0.2) is 9.78 Å². The molecular weight excluding hydrogens is 238 g/mol. The van der Waals surface area contributed by atoms with Gasteiger partial charge in [-0.05, 0) is 19.1 Å². The van der Waals surface area contributed by atoms with Crippen LogP contribution in [0.4, 0.5) is 5.82 Å². The van der Waals surface area contributed by atoms with Crippen molar-refractivity contribution < 1.29 is 9.53 Å². The zero-order valence-electron chi connectivity index (χ0n) is 10.1. The van der Waals surface area contributed by atoms with Gasteiger partial charge in [0.2, 0.25) is 0 Å². The van der Waals surface area contributed by atoms with Crippen molar-refractivity contribution >= 4 is 23.5 Å². The van der Waals surface area contributed by atoms with Crippen LogP contribution >= 0.6 is 11.8 Å². The molecule has 17 heavy (non-hydrogen) atoms. The molecule has 1 aromatic heterocycles. The quantitative estimate of drug-likeness (QED) is 0.826. The summed E-state index contributed by atoms with van der Waals surface area (Å²) in [7, 11) is 1.33. The minimum atomic E-state index is -0.479. The average molecular weight is 255 g/mol. The number of aromatic nitrogens is 2. The van der Waals surface area contributed by atoms with E-state index in [1.165, 1.54) is 26.4 Å². The number of esters is 1. The fourth-order valence-electron chi connectivity index (χ4n) is 2.08. The van der Waals surface area contributed by atoms with Gasteiger partial charge < -0.3 is 15.0 Å². The topological polar surface area (TPSA) is 70.1 Å². The van der Waals surface area contributed by atoms with Gasteiger partial charge in [-0.3, -0.25) is 0 Å². The van der Waals surface area contributed by atoms with Crippen LogP contribution in [0.3, 0.4) is 0 Å². The van der Waals surface area contributed by atoms with Gasteiger partial charge >= 0.3 is 5.97 Å². The fourth-order valence-corrected chi connectivity index (χ4v) is 3.05. The summed E-state index contributed by atoms with van der Waals surface area (Å²) < 4.78 is 6.74. The van der Waals surface area contributed by atoms with Gasteiger partial charge in [0.25, 0.3) is 0 Å². The molecule has 1 aliphatic carbocycles. The first kappa shape index (κ1) is 12.3. The van der Waals surface area contributed by atoms with E-state index >= 15 is 0 Å². The summed E-state index contributed by atoms with van der Waals surface area (Å²) >= 11 is 1.87. The predicted octanol–water partition coefficient (Wildman–Crippen LogP) is 1.54. The molecule has 6 heteroatoms. The van der Waals surface area contributed by atoms with Crippen LogP contribution in [-0.2, 0) is 11.3 Å². The maximum Gasteiger partial charge on any atom is 0.360 e. The Kier molecular flexibility index (Phi) is 3.33. The van der Waals surface area contributed by atoms with Gasteiger partial charge in [0.15, 0.2) is 5.69 Å². The van der Waals surface area contributed by atoms with Gasteiger partial charge in [-0.1, -0.05) is 6.42 Å². The van der Waals surface area contributed by atoms with E-state index in [0.29, 0.717) is 5.82 Å². The lowest BCUT2D eigenvalue weighted by molar-refractivity contribution is 0.0596. The lowest BCUT2D eigenvalue weighted by atomic mass is 9.84.